The molecular weight excluding hydrogens is 730 g/mol. The summed E-state index contributed by atoms with van der Waals surface area (Å²) in [5, 5.41) is 16.2. The third-order valence-electron chi connectivity index (χ3n) is 11.2. The zero-order valence-electron chi connectivity index (χ0n) is 31.5. The monoisotopic (exact) mass is 771 g/mol. The number of benzene rings is 3. The van der Waals surface area contributed by atoms with Gasteiger partial charge in [0.2, 0.25) is 11.8 Å². The SMILES string of the molecule is CNc1cc(Nc2cccc(CN3CCN(c4ccc(-c5ccc6c(c5)n(C)c(=O)n6C5CCC(=O)NC5=O)cc4)CC3)c2)nn2c(C(=O)N[C@@H]3C[C@@H]3F)cnc12. The standard InChI is InChI=1S/C41H42FN11O4/c1-43-31-21-36(48-53-35(22-44-38(31)53)40(56)46-30-20-29(30)42)45-27-5-3-4-24(18-27)23-50-14-16-51(17-15-50)28-9-6-25(7-10-28)26-8-11-32-34(19-26)49(2)41(57)52(32)33-12-13-37(54)47-39(33)55/h3-11,18-19,21-22,29-30,33,43H,12-17,20,23H2,1-2H3,(H,45,48)(H,46,56)(H,47,54,55)/t29-,30+,33?/m0/s1. The van der Waals surface area contributed by atoms with Crippen LogP contribution in [0.5, 0.6) is 0 Å². The van der Waals surface area contributed by atoms with Crippen molar-refractivity contribution < 1.29 is 18.8 Å². The van der Waals surface area contributed by atoms with Gasteiger partial charge in [-0.05, 0) is 59.5 Å². The maximum absolute atomic E-state index is 13.5. The minimum absolute atomic E-state index is 0.199. The molecule has 6 aromatic rings. The van der Waals surface area contributed by atoms with E-state index in [9.17, 15) is 23.6 Å². The Morgan fingerprint density at radius 3 is 2.46 bits per heavy atom. The van der Waals surface area contributed by atoms with Gasteiger partial charge < -0.3 is 20.9 Å². The van der Waals surface area contributed by atoms with Crippen LogP contribution in [0.4, 0.5) is 27.3 Å². The second kappa shape index (κ2) is 14.5. The van der Waals surface area contributed by atoms with Crippen molar-refractivity contribution in [1.29, 1.82) is 0 Å². The third-order valence-corrected chi connectivity index (χ3v) is 11.2. The number of aromatic nitrogens is 5. The van der Waals surface area contributed by atoms with Gasteiger partial charge in [0.15, 0.2) is 17.2 Å². The van der Waals surface area contributed by atoms with Crippen LogP contribution in [0.15, 0.2) is 83.8 Å². The highest BCUT2D eigenvalue weighted by Gasteiger charge is 2.39. The van der Waals surface area contributed by atoms with Crippen molar-refractivity contribution in [3.63, 3.8) is 0 Å². The number of amides is 3. The number of anilines is 4. The molecule has 15 nitrogen and oxygen atoms in total. The normalized spacial score (nSPS) is 19.8. The first-order chi connectivity index (χ1) is 27.6. The fraction of sp³-hybridized carbons (Fsp3) is 0.317. The molecule has 9 rings (SSSR count). The number of carbonyl (C=O) groups excluding carboxylic acids is 3. The van der Waals surface area contributed by atoms with Gasteiger partial charge in [0.1, 0.15) is 12.2 Å². The molecule has 1 aliphatic carbocycles. The molecule has 4 N–H and O–H groups in total. The number of hydrogen-bond acceptors (Lipinski definition) is 10. The van der Waals surface area contributed by atoms with Gasteiger partial charge >= 0.3 is 5.69 Å². The number of nitrogens with one attached hydrogen (secondary N) is 4. The first kappa shape index (κ1) is 36.1. The van der Waals surface area contributed by atoms with Crippen LogP contribution in [0, 0.1) is 0 Å². The summed E-state index contributed by atoms with van der Waals surface area (Å²) in [5.41, 5.74) is 7.67. The van der Waals surface area contributed by atoms with Crippen molar-refractivity contribution in [1.82, 2.24) is 39.3 Å². The van der Waals surface area contributed by atoms with E-state index < -0.39 is 30.1 Å². The fourth-order valence-corrected chi connectivity index (χ4v) is 7.88. The average Bonchev–Trinajstić information content (AvgIpc) is 3.63. The molecule has 2 aliphatic heterocycles. The Morgan fingerprint density at radius 1 is 0.947 bits per heavy atom. The lowest BCUT2D eigenvalue weighted by Crippen LogP contribution is -2.45. The largest absolute Gasteiger partial charge is 0.385 e. The lowest BCUT2D eigenvalue weighted by atomic mass is 10.0. The van der Waals surface area contributed by atoms with Crippen molar-refractivity contribution in [2.45, 2.75) is 44.1 Å². The predicted molar refractivity (Wildman–Crippen MR) is 215 cm³/mol. The van der Waals surface area contributed by atoms with Crippen LogP contribution in [-0.2, 0) is 23.2 Å². The summed E-state index contributed by atoms with van der Waals surface area (Å²) in [5.74, 6) is -0.644. The maximum atomic E-state index is 13.5. The lowest BCUT2D eigenvalue weighted by molar-refractivity contribution is -0.135. The molecule has 1 saturated carbocycles. The van der Waals surface area contributed by atoms with E-state index in [1.165, 1.54) is 15.3 Å². The first-order valence-corrected chi connectivity index (χ1v) is 19.1. The van der Waals surface area contributed by atoms with Gasteiger partial charge in [-0.25, -0.2) is 18.7 Å². The smallest absolute Gasteiger partial charge is 0.329 e. The number of halogens is 1. The Labute approximate surface area is 326 Å². The lowest BCUT2D eigenvalue weighted by Gasteiger charge is -2.36. The molecule has 16 heteroatoms. The zero-order valence-corrected chi connectivity index (χ0v) is 31.5. The zero-order chi connectivity index (χ0) is 39.4. The van der Waals surface area contributed by atoms with Crippen LogP contribution >= 0.6 is 0 Å². The molecule has 0 bridgehead atoms. The molecule has 3 aliphatic rings. The summed E-state index contributed by atoms with van der Waals surface area (Å²) in [6.45, 7) is 4.34. The highest BCUT2D eigenvalue weighted by Crippen LogP contribution is 2.30. The Hall–Kier alpha value is -6.55. The minimum Gasteiger partial charge on any atom is -0.385 e. The summed E-state index contributed by atoms with van der Waals surface area (Å²) in [6.07, 6.45) is 1.27. The van der Waals surface area contributed by atoms with Gasteiger partial charge in [-0.3, -0.25) is 33.7 Å². The predicted octanol–water partition coefficient (Wildman–Crippen LogP) is 3.98. The molecule has 3 atom stereocenters. The maximum Gasteiger partial charge on any atom is 0.329 e. The molecular formula is C41H42FN11O4. The first-order valence-electron chi connectivity index (χ1n) is 19.1. The topological polar surface area (TPSA) is 163 Å². The van der Waals surface area contributed by atoms with E-state index in [0.717, 1.165) is 66.3 Å². The fourth-order valence-electron chi connectivity index (χ4n) is 7.88. The third kappa shape index (κ3) is 6.96. The number of aryl methyl sites for hydroxylation is 1. The van der Waals surface area contributed by atoms with E-state index in [4.69, 9.17) is 0 Å². The molecule has 1 unspecified atom stereocenters. The number of alkyl halides is 1. The summed E-state index contributed by atoms with van der Waals surface area (Å²) < 4.78 is 18.0. The Bertz CT molecular complexity index is 2610. The van der Waals surface area contributed by atoms with Crippen molar-refractivity contribution in [3.8, 4) is 11.1 Å². The van der Waals surface area contributed by atoms with Gasteiger partial charge in [0.05, 0.1) is 29.0 Å². The second-order valence-electron chi connectivity index (χ2n) is 14.9. The number of carbonyl (C=O) groups is 3. The quantitative estimate of drug-likeness (QED) is 0.150. The summed E-state index contributed by atoms with van der Waals surface area (Å²) >= 11 is 0. The van der Waals surface area contributed by atoms with Crippen LogP contribution in [0.2, 0.25) is 0 Å². The summed E-state index contributed by atoms with van der Waals surface area (Å²) in [7, 11) is 3.48. The molecule has 0 spiro atoms. The van der Waals surface area contributed by atoms with Crippen molar-refractivity contribution in [2.75, 3.05) is 48.8 Å². The number of fused-ring (bicyclic) bond motifs is 2. The van der Waals surface area contributed by atoms with Crippen molar-refractivity contribution >= 4 is 57.3 Å². The van der Waals surface area contributed by atoms with E-state index in [1.807, 2.05) is 36.4 Å². The molecule has 5 heterocycles. The van der Waals surface area contributed by atoms with E-state index in [-0.39, 0.29) is 23.7 Å². The molecule has 3 aromatic heterocycles. The summed E-state index contributed by atoms with van der Waals surface area (Å²) in [4.78, 5) is 59.5. The second-order valence-corrected chi connectivity index (χ2v) is 14.9. The van der Waals surface area contributed by atoms with Gasteiger partial charge in [-0.1, -0.05) is 30.3 Å². The number of piperidine rings is 1. The molecule has 292 valence electrons. The molecule has 3 aromatic carbocycles. The van der Waals surface area contributed by atoms with Crippen molar-refractivity contribution in [3.05, 3.63) is 101 Å². The number of imide groups is 1. The Balaban J connectivity index is 0.832. The van der Waals surface area contributed by atoms with Gasteiger partial charge in [0, 0.05) is 77.1 Å². The average molecular weight is 772 g/mol. The van der Waals surface area contributed by atoms with E-state index in [0.29, 0.717) is 35.5 Å². The number of hydrogen-bond donors (Lipinski definition) is 4. The van der Waals surface area contributed by atoms with E-state index in [1.54, 1.807) is 18.7 Å². The highest BCUT2D eigenvalue weighted by molar-refractivity contribution is 6.00. The van der Waals surface area contributed by atoms with Crippen LogP contribution in [-0.4, -0.2) is 91.8 Å². The van der Waals surface area contributed by atoms with Gasteiger partial charge in [-0.15, -0.1) is 5.10 Å². The van der Waals surface area contributed by atoms with Crippen LogP contribution in [0.25, 0.3) is 27.8 Å². The van der Waals surface area contributed by atoms with Crippen molar-refractivity contribution in [2.24, 2.45) is 7.05 Å². The highest BCUT2D eigenvalue weighted by atomic mass is 19.1. The minimum atomic E-state index is -1.01. The van der Waals surface area contributed by atoms with Gasteiger partial charge in [0.25, 0.3) is 5.91 Å². The number of piperazine rings is 1. The van der Waals surface area contributed by atoms with Crippen LogP contribution in [0.1, 0.15) is 41.4 Å². The number of imidazole rings is 2. The molecule has 3 amide bonds. The van der Waals surface area contributed by atoms with Crippen LogP contribution in [0.3, 0.4) is 0 Å². The Morgan fingerprint density at radius 2 is 1.72 bits per heavy atom. The number of nitrogens with zero attached hydrogens (tertiary/aromatic N) is 7. The molecule has 57 heavy (non-hydrogen) atoms. The number of rotatable bonds is 10. The molecule has 0 radical (unpaired) electrons. The summed E-state index contributed by atoms with van der Waals surface area (Å²) in [6, 6.07) is 23.1. The Kier molecular flexibility index (Phi) is 9.19. The van der Waals surface area contributed by atoms with E-state index >= 15 is 0 Å². The molecule has 2 saturated heterocycles. The molecule has 3 fully saturated rings. The van der Waals surface area contributed by atoms with Gasteiger partial charge in [-0.2, -0.15) is 0 Å². The van der Waals surface area contributed by atoms with E-state index in [2.05, 4.69) is 77.5 Å². The van der Waals surface area contributed by atoms with Crippen LogP contribution < -0.4 is 31.9 Å².